The summed E-state index contributed by atoms with van der Waals surface area (Å²) < 4.78 is 10.8. The zero-order valence-electron chi connectivity index (χ0n) is 15.7. The highest BCUT2D eigenvalue weighted by molar-refractivity contribution is 14.0. The van der Waals surface area contributed by atoms with Gasteiger partial charge in [0.05, 0.1) is 19.4 Å². The molecule has 1 heterocycles. The van der Waals surface area contributed by atoms with E-state index in [0.717, 1.165) is 17.9 Å². The topological polar surface area (TPSA) is 87.9 Å². The molecule has 7 nitrogen and oxygen atoms in total. The molecule has 1 aromatic heterocycles. The van der Waals surface area contributed by atoms with Gasteiger partial charge in [-0.25, -0.2) is 4.99 Å². The summed E-state index contributed by atoms with van der Waals surface area (Å²) in [7, 11) is 0. The van der Waals surface area contributed by atoms with E-state index in [4.69, 9.17) is 9.15 Å². The van der Waals surface area contributed by atoms with Gasteiger partial charge in [0.25, 0.3) is 5.91 Å². The van der Waals surface area contributed by atoms with Crippen LogP contribution in [0.2, 0.25) is 0 Å². The standard InChI is InChI=1S/C19H26N4O3.HI/c1-3-20-18(24)14-26-16-8-5-7-15(11-16)12-22-19(21-4-2)23-13-17-9-6-10-25-17;/h5-11H,3-4,12-14H2,1-2H3,(H,20,24)(H2,21,22,23);1H. The zero-order chi connectivity index (χ0) is 18.6. The predicted octanol–water partition coefficient (Wildman–Crippen LogP) is 2.67. The Bertz CT molecular complexity index is 705. The third-order valence-corrected chi connectivity index (χ3v) is 3.42. The second-order valence-corrected chi connectivity index (χ2v) is 5.52. The van der Waals surface area contributed by atoms with E-state index in [1.165, 1.54) is 0 Å². The molecule has 1 amide bonds. The van der Waals surface area contributed by atoms with Gasteiger partial charge in [0, 0.05) is 13.1 Å². The van der Waals surface area contributed by atoms with Crippen molar-refractivity contribution >= 4 is 35.8 Å². The molecule has 0 saturated carbocycles. The van der Waals surface area contributed by atoms with Gasteiger partial charge in [0.1, 0.15) is 11.5 Å². The number of hydrogen-bond acceptors (Lipinski definition) is 4. The van der Waals surface area contributed by atoms with Gasteiger partial charge in [-0.2, -0.15) is 0 Å². The smallest absolute Gasteiger partial charge is 0.257 e. The second-order valence-electron chi connectivity index (χ2n) is 5.52. The lowest BCUT2D eigenvalue weighted by molar-refractivity contribution is -0.122. The van der Waals surface area contributed by atoms with Gasteiger partial charge in [0.15, 0.2) is 12.6 Å². The van der Waals surface area contributed by atoms with Crippen LogP contribution in [-0.2, 0) is 17.9 Å². The number of rotatable bonds is 9. The Balaban J connectivity index is 0.00000364. The fourth-order valence-electron chi connectivity index (χ4n) is 2.23. The maximum Gasteiger partial charge on any atom is 0.257 e. The molecule has 0 unspecified atom stereocenters. The van der Waals surface area contributed by atoms with Crippen molar-refractivity contribution in [2.24, 2.45) is 4.99 Å². The van der Waals surface area contributed by atoms with Crippen LogP contribution in [0.3, 0.4) is 0 Å². The third kappa shape index (κ3) is 8.80. The largest absolute Gasteiger partial charge is 0.484 e. The van der Waals surface area contributed by atoms with Gasteiger partial charge >= 0.3 is 0 Å². The van der Waals surface area contributed by atoms with Crippen LogP contribution in [0.25, 0.3) is 0 Å². The molecule has 0 aliphatic rings. The summed E-state index contributed by atoms with van der Waals surface area (Å²) in [5.74, 6) is 2.07. The van der Waals surface area contributed by atoms with E-state index in [0.29, 0.717) is 31.3 Å². The lowest BCUT2D eigenvalue weighted by Gasteiger charge is -2.11. The van der Waals surface area contributed by atoms with Crippen molar-refractivity contribution in [2.75, 3.05) is 19.7 Å². The van der Waals surface area contributed by atoms with Crippen LogP contribution in [0.15, 0.2) is 52.1 Å². The van der Waals surface area contributed by atoms with Crippen molar-refractivity contribution in [3.8, 4) is 5.75 Å². The molecule has 3 N–H and O–H groups in total. The Morgan fingerprint density at radius 1 is 1.11 bits per heavy atom. The van der Waals surface area contributed by atoms with Crippen LogP contribution >= 0.6 is 24.0 Å². The molecule has 0 radical (unpaired) electrons. The van der Waals surface area contributed by atoms with Gasteiger partial charge in [0.2, 0.25) is 0 Å². The summed E-state index contributed by atoms with van der Waals surface area (Å²) in [6.07, 6.45) is 1.65. The van der Waals surface area contributed by atoms with Crippen molar-refractivity contribution in [1.29, 1.82) is 0 Å². The van der Waals surface area contributed by atoms with E-state index in [-0.39, 0.29) is 36.5 Å². The van der Waals surface area contributed by atoms with Crippen LogP contribution in [0.5, 0.6) is 5.75 Å². The Morgan fingerprint density at radius 2 is 1.93 bits per heavy atom. The average molecular weight is 486 g/mol. The summed E-state index contributed by atoms with van der Waals surface area (Å²) in [6, 6.07) is 11.3. The molecule has 27 heavy (non-hydrogen) atoms. The summed E-state index contributed by atoms with van der Waals surface area (Å²) in [5, 5.41) is 9.12. The Kier molecular flexibility index (Phi) is 11.0. The highest BCUT2D eigenvalue weighted by Crippen LogP contribution is 2.14. The highest BCUT2D eigenvalue weighted by atomic mass is 127. The number of ether oxygens (including phenoxy) is 1. The number of halogens is 1. The van der Waals surface area contributed by atoms with E-state index in [1.54, 1.807) is 6.26 Å². The van der Waals surface area contributed by atoms with Crippen LogP contribution in [0.1, 0.15) is 25.2 Å². The van der Waals surface area contributed by atoms with Gasteiger partial charge in [-0.15, -0.1) is 24.0 Å². The third-order valence-electron chi connectivity index (χ3n) is 3.42. The van der Waals surface area contributed by atoms with E-state index in [1.807, 2.05) is 50.2 Å². The molecule has 0 spiro atoms. The molecule has 2 rings (SSSR count). The first-order valence-corrected chi connectivity index (χ1v) is 8.74. The number of carbonyl (C=O) groups excluding carboxylic acids is 1. The molecule has 148 valence electrons. The zero-order valence-corrected chi connectivity index (χ0v) is 18.0. The maximum absolute atomic E-state index is 11.5. The van der Waals surface area contributed by atoms with Gasteiger partial charge in [-0.3, -0.25) is 4.79 Å². The molecule has 0 saturated heterocycles. The van der Waals surface area contributed by atoms with Gasteiger partial charge in [-0.1, -0.05) is 12.1 Å². The minimum atomic E-state index is -0.132. The normalized spacial score (nSPS) is 10.7. The quantitative estimate of drug-likeness (QED) is 0.288. The van der Waals surface area contributed by atoms with Crippen LogP contribution in [-0.4, -0.2) is 31.6 Å². The summed E-state index contributed by atoms with van der Waals surface area (Å²) in [6.45, 7) is 6.31. The number of hydrogen-bond donors (Lipinski definition) is 3. The first kappa shape index (κ1) is 22.8. The molecule has 2 aromatic rings. The fourth-order valence-corrected chi connectivity index (χ4v) is 2.23. The molecule has 8 heteroatoms. The minimum Gasteiger partial charge on any atom is -0.484 e. The number of likely N-dealkylation sites (N-methyl/N-ethyl adjacent to an activating group) is 1. The van der Waals surface area contributed by atoms with Crippen molar-refractivity contribution in [1.82, 2.24) is 16.0 Å². The lowest BCUT2D eigenvalue weighted by atomic mass is 10.2. The molecule has 0 fully saturated rings. The number of aliphatic imine (C=N–C) groups is 1. The number of nitrogens with one attached hydrogen (secondary N) is 3. The monoisotopic (exact) mass is 486 g/mol. The summed E-state index contributed by atoms with van der Waals surface area (Å²) in [5.41, 5.74) is 0.994. The van der Waals surface area contributed by atoms with Crippen molar-refractivity contribution < 1.29 is 13.9 Å². The summed E-state index contributed by atoms with van der Waals surface area (Å²) in [4.78, 5) is 16.0. The molecule has 0 aliphatic carbocycles. The van der Waals surface area contributed by atoms with Crippen molar-refractivity contribution in [2.45, 2.75) is 26.9 Å². The Hall–Kier alpha value is -2.23. The van der Waals surface area contributed by atoms with E-state index in [9.17, 15) is 4.79 Å². The number of furan rings is 1. The van der Waals surface area contributed by atoms with E-state index >= 15 is 0 Å². The van der Waals surface area contributed by atoms with Crippen molar-refractivity contribution in [3.05, 3.63) is 54.0 Å². The Morgan fingerprint density at radius 3 is 2.63 bits per heavy atom. The van der Waals surface area contributed by atoms with Gasteiger partial charge < -0.3 is 25.1 Å². The van der Waals surface area contributed by atoms with Crippen LogP contribution < -0.4 is 20.7 Å². The summed E-state index contributed by atoms with van der Waals surface area (Å²) >= 11 is 0. The lowest BCUT2D eigenvalue weighted by Crippen LogP contribution is -2.36. The molecular weight excluding hydrogens is 459 g/mol. The molecule has 0 atom stereocenters. The average Bonchev–Trinajstić information content (AvgIpc) is 3.16. The van der Waals surface area contributed by atoms with Crippen molar-refractivity contribution in [3.63, 3.8) is 0 Å². The van der Waals surface area contributed by atoms with E-state index < -0.39 is 0 Å². The fraction of sp³-hybridized carbons (Fsp3) is 0.368. The first-order valence-electron chi connectivity index (χ1n) is 8.74. The first-order chi connectivity index (χ1) is 12.7. The number of guanidine groups is 1. The SMILES string of the molecule is CCNC(=O)COc1cccc(CN=C(NCC)NCc2ccco2)c1.I. The van der Waals surface area contributed by atoms with Crippen LogP contribution in [0.4, 0.5) is 0 Å². The molecule has 1 aromatic carbocycles. The Labute approximate surface area is 177 Å². The van der Waals surface area contributed by atoms with E-state index in [2.05, 4.69) is 20.9 Å². The number of amides is 1. The highest BCUT2D eigenvalue weighted by Gasteiger charge is 2.03. The second kappa shape index (κ2) is 13.0. The number of benzene rings is 1. The maximum atomic E-state index is 11.5. The molecule has 0 aliphatic heterocycles. The van der Waals surface area contributed by atoms with Gasteiger partial charge in [-0.05, 0) is 43.7 Å². The molecular formula is C19H27IN4O3. The minimum absolute atomic E-state index is 0. The van der Waals surface area contributed by atoms with Crippen LogP contribution in [0, 0.1) is 0 Å². The number of carbonyl (C=O) groups is 1. The molecule has 0 bridgehead atoms. The number of nitrogens with zero attached hydrogens (tertiary/aromatic N) is 1. The predicted molar refractivity (Wildman–Crippen MR) is 116 cm³/mol.